The highest BCUT2D eigenvalue weighted by atomic mass is 15.1. The summed E-state index contributed by atoms with van der Waals surface area (Å²) in [6.45, 7) is 0. The van der Waals surface area contributed by atoms with Gasteiger partial charge in [-0.15, -0.1) is 0 Å². The largest absolute Gasteiger partial charge is 0.361 e. The second-order valence-corrected chi connectivity index (χ2v) is 3.99. The molecule has 1 N–H and O–H groups in total. The Hall–Kier alpha value is -2.71. The van der Waals surface area contributed by atoms with Crippen LogP contribution in [0.1, 0.15) is 0 Å². The normalized spacial score (nSPS) is 10.2. The first-order valence-corrected chi connectivity index (χ1v) is 5.60. The molecule has 0 saturated carbocycles. The van der Waals surface area contributed by atoms with Gasteiger partial charge < -0.3 is 4.98 Å². The minimum Gasteiger partial charge on any atom is -0.361 e. The van der Waals surface area contributed by atoms with Gasteiger partial charge in [-0.25, -0.2) is 0 Å². The molecule has 0 aliphatic rings. The Morgan fingerprint density at radius 1 is 1.00 bits per heavy atom. The van der Waals surface area contributed by atoms with Crippen LogP contribution in [-0.4, -0.2) is 4.98 Å². The van der Waals surface area contributed by atoms with Crippen LogP contribution in [0.3, 0.4) is 0 Å². The van der Waals surface area contributed by atoms with E-state index < -0.39 is 0 Å². The molecular formula is C14H10N4. The summed E-state index contributed by atoms with van der Waals surface area (Å²) in [6.07, 6.45) is 1.72. The van der Waals surface area contributed by atoms with Gasteiger partial charge in [0, 0.05) is 22.0 Å². The van der Waals surface area contributed by atoms with E-state index in [0.717, 1.165) is 22.0 Å². The molecule has 0 bridgehead atoms. The molecule has 1 heterocycles. The zero-order chi connectivity index (χ0) is 12.4. The first-order chi connectivity index (χ1) is 8.88. The van der Waals surface area contributed by atoms with E-state index in [0.29, 0.717) is 5.69 Å². The van der Waals surface area contributed by atoms with Crippen LogP contribution in [-0.2, 0) is 0 Å². The van der Waals surface area contributed by atoms with Crippen molar-refractivity contribution in [1.82, 2.24) is 4.98 Å². The Morgan fingerprint density at radius 2 is 1.83 bits per heavy atom. The number of aromatic amines is 1. The maximum absolute atomic E-state index is 8.53. The monoisotopic (exact) mass is 234 g/mol. The van der Waals surface area contributed by atoms with Gasteiger partial charge in [0.1, 0.15) is 0 Å². The van der Waals surface area contributed by atoms with E-state index in [2.05, 4.69) is 27.1 Å². The molecule has 0 aliphatic carbocycles. The van der Waals surface area contributed by atoms with Crippen molar-refractivity contribution in [2.24, 2.45) is 5.11 Å². The summed E-state index contributed by atoms with van der Waals surface area (Å²) < 4.78 is 0. The summed E-state index contributed by atoms with van der Waals surface area (Å²) in [5, 5.41) is 4.62. The Bertz CT molecular complexity index is 737. The van der Waals surface area contributed by atoms with E-state index in [9.17, 15) is 0 Å². The average molecular weight is 234 g/mol. The summed E-state index contributed by atoms with van der Waals surface area (Å²) in [5.74, 6) is 0. The number of nitrogens with one attached hydrogen (secondary N) is 1. The summed E-state index contributed by atoms with van der Waals surface area (Å²) in [4.78, 5) is 5.92. The predicted octanol–water partition coefficient (Wildman–Crippen LogP) is 4.78. The molecule has 0 unspecified atom stereocenters. The molecule has 4 heteroatoms. The molecule has 3 rings (SSSR count). The number of rotatable bonds is 2. The lowest BCUT2D eigenvalue weighted by atomic mass is 10.0. The number of aromatic nitrogens is 1. The van der Waals surface area contributed by atoms with Crippen LogP contribution < -0.4 is 0 Å². The van der Waals surface area contributed by atoms with E-state index in [1.54, 1.807) is 6.20 Å². The number of hydrogen-bond donors (Lipinski definition) is 1. The molecule has 0 fully saturated rings. The first-order valence-electron chi connectivity index (χ1n) is 5.60. The lowest BCUT2D eigenvalue weighted by Gasteiger charge is -2.01. The van der Waals surface area contributed by atoms with Crippen LogP contribution in [0.15, 0.2) is 59.8 Å². The lowest BCUT2D eigenvalue weighted by Crippen LogP contribution is -1.76. The number of fused-ring (bicyclic) bond motifs is 1. The SMILES string of the molecule is [N-]=[N+]=Nc1c[nH]c2ccc(-c3ccccc3)cc12. The summed E-state index contributed by atoms with van der Waals surface area (Å²) in [5.41, 5.74) is 12.4. The maximum atomic E-state index is 8.53. The number of benzene rings is 2. The molecule has 0 atom stereocenters. The molecule has 86 valence electrons. The van der Waals surface area contributed by atoms with Gasteiger partial charge in [-0.05, 0) is 28.8 Å². The third kappa shape index (κ3) is 1.71. The quantitative estimate of drug-likeness (QED) is 0.377. The van der Waals surface area contributed by atoms with Gasteiger partial charge >= 0.3 is 0 Å². The van der Waals surface area contributed by atoms with Crippen LogP contribution >= 0.6 is 0 Å². The first kappa shape index (κ1) is 10.4. The summed E-state index contributed by atoms with van der Waals surface area (Å²) >= 11 is 0. The Kier molecular flexibility index (Phi) is 2.48. The summed E-state index contributed by atoms with van der Waals surface area (Å²) in [6, 6.07) is 16.2. The fourth-order valence-corrected chi connectivity index (χ4v) is 2.05. The standard InChI is InChI=1S/C14H10N4/c15-18-17-14-9-16-13-7-6-11(8-12(13)14)10-4-2-1-3-5-10/h1-9,16H. The average Bonchev–Trinajstić information content (AvgIpc) is 2.83. The fourth-order valence-electron chi connectivity index (χ4n) is 2.05. The highest BCUT2D eigenvalue weighted by Crippen LogP contribution is 2.30. The van der Waals surface area contributed by atoms with Crippen molar-refractivity contribution in [3.05, 3.63) is 65.2 Å². The van der Waals surface area contributed by atoms with Crippen LogP contribution in [0.25, 0.3) is 32.5 Å². The fraction of sp³-hybridized carbons (Fsp3) is 0. The zero-order valence-electron chi connectivity index (χ0n) is 9.54. The van der Waals surface area contributed by atoms with E-state index in [4.69, 9.17) is 5.53 Å². The smallest absolute Gasteiger partial charge is 0.0628 e. The van der Waals surface area contributed by atoms with Crippen molar-refractivity contribution < 1.29 is 0 Å². The second kappa shape index (κ2) is 4.28. The molecule has 0 amide bonds. The van der Waals surface area contributed by atoms with Gasteiger partial charge in [0.15, 0.2) is 0 Å². The van der Waals surface area contributed by atoms with E-state index >= 15 is 0 Å². The van der Waals surface area contributed by atoms with Crippen LogP contribution in [0, 0.1) is 0 Å². The molecule has 0 radical (unpaired) electrons. The number of azide groups is 1. The summed E-state index contributed by atoms with van der Waals surface area (Å²) in [7, 11) is 0. The topological polar surface area (TPSA) is 64.6 Å². The molecule has 0 aliphatic heterocycles. The molecular weight excluding hydrogens is 224 g/mol. The Morgan fingerprint density at radius 3 is 2.61 bits per heavy atom. The molecule has 3 aromatic rings. The molecule has 4 nitrogen and oxygen atoms in total. The third-order valence-corrected chi connectivity index (χ3v) is 2.92. The number of nitrogens with zero attached hydrogens (tertiary/aromatic N) is 3. The lowest BCUT2D eigenvalue weighted by molar-refractivity contribution is 1.44. The third-order valence-electron chi connectivity index (χ3n) is 2.92. The van der Waals surface area contributed by atoms with E-state index in [1.165, 1.54) is 0 Å². The van der Waals surface area contributed by atoms with E-state index in [1.807, 2.05) is 36.4 Å². The van der Waals surface area contributed by atoms with Crippen molar-refractivity contribution in [1.29, 1.82) is 0 Å². The minimum atomic E-state index is 0.630. The Balaban J connectivity index is 2.21. The van der Waals surface area contributed by atoms with Crippen molar-refractivity contribution in [3.63, 3.8) is 0 Å². The highest BCUT2D eigenvalue weighted by molar-refractivity contribution is 5.94. The van der Waals surface area contributed by atoms with Crippen molar-refractivity contribution in [2.75, 3.05) is 0 Å². The van der Waals surface area contributed by atoms with Crippen molar-refractivity contribution in [3.8, 4) is 11.1 Å². The molecule has 18 heavy (non-hydrogen) atoms. The molecule has 0 saturated heterocycles. The van der Waals surface area contributed by atoms with Crippen molar-refractivity contribution in [2.45, 2.75) is 0 Å². The van der Waals surface area contributed by atoms with E-state index in [-0.39, 0.29) is 0 Å². The van der Waals surface area contributed by atoms with Crippen LogP contribution in [0.5, 0.6) is 0 Å². The van der Waals surface area contributed by atoms with Crippen molar-refractivity contribution >= 4 is 16.6 Å². The van der Waals surface area contributed by atoms with Gasteiger partial charge in [0.25, 0.3) is 0 Å². The van der Waals surface area contributed by atoms with Crippen LogP contribution in [0.4, 0.5) is 5.69 Å². The van der Waals surface area contributed by atoms with Crippen LogP contribution in [0.2, 0.25) is 0 Å². The van der Waals surface area contributed by atoms with Gasteiger partial charge in [0.05, 0.1) is 5.69 Å². The molecule has 0 spiro atoms. The molecule has 1 aromatic heterocycles. The van der Waals surface area contributed by atoms with Gasteiger partial charge in [-0.2, -0.15) is 0 Å². The van der Waals surface area contributed by atoms with Gasteiger partial charge in [0.2, 0.25) is 0 Å². The van der Waals surface area contributed by atoms with Gasteiger partial charge in [-0.1, -0.05) is 41.5 Å². The Labute approximate surface area is 104 Å². The zero-order valence-corrected chi connectivity index (χ0v) is 9.54. The molecule has 2 aromatic carbocycles. The predicted molar refractivity (Wildman–Crippen MR) is 72.5 cm³/mol. The second-order valence-electron chi connectivity index (χ2n) is 3.99. The van der Waals surface area contributed by atoms with Gasteiger partial charge in [-0.3, -0.25) is 0 Å². The minimum absolute atomic E-state index is 0.630. The number of hydrogen-bond acceptors (Lipinski definition) is 1. The maximum Gasteiger partial charge on any atom is 0.0628 e. The highest BCUT2D eigenvalue weighted by Gasteiger charge is 2.04. The number of H-pyrrole nitrogens is 1.